The fourth-order valence-electron chi connectivity index (χ4n) is 1.51. The highest BCUT2D eigenvalue weighted by Crippen LogP contribution is 2.24. The molecular formula is C12H12N2S. The lowest BCUT2D eigenvalue weighted by Crippen LogP contribution is -2.02. The van der Waals surface area contributed by atoms with Crippen LogP contribution >= 0.6 is 11.3 Å². The van der Waals surface area contributed by atoms with Crippen molar-refractivity contribution in [2.24, 2.45) is 0 Å². The molecule has 0 saturated carbocycles. The van der Waals surface area contributed by atoms with Crippen LogP contribution in [0.2, 0.25) is 0 Å². The smallest absolute Gasteiger partial charge is 0.103 e. The van der Waals surface area contributed by atoms with Crippen LogP contribution in [0.5, 0.6) is 0 Å². The van der Waals surface area contributed by atoms with Gasteiger partial charge in [-0.1, -0.05) is 18.9 Å². The highest BCUT2D eigenvalue weighted by atomic mass is 32.1. The number of hydrogen-bond acceptors (Lipinski definition) is 2. The first kappa shape index (κ1) is 10.0. The normalized spacial score (nSPS) is 10.1. The number of rotatable bonds is 3. The van der Waals surface area contributed by atoms with Crippen molar-refractivity contribution in [1.82, 2.24) is 9.78 Å². The summed E-state index contributed by atoms with van der Waals surface area (Å²) in [5, 5.41) is 6.55. The van der Waals surface area contributed by atoms with E-state index in [1.54, 1.807) is 11.3 Å². The molecule has 0 unspecified atom stereocenters. The molecule has 2 rings (SSSR count). The molecule has 0 atom stereocenters. The molecule has 0 aromatic carbocycles. The third-order valence-corrected chi connectivity index (χ3v) is 3.13. The van der Waals surface area contributed by atoms with Gasteiger partial charge in [-0.25, -0.2) is 0 Å². The zero-order valence-corrected chi connectivity index (χ0v) is 9.42. The number of thiophene rings is 1. The second-order valence-electron chi connectivity index (χ2n) is 3.21. The second-order valence-corrected chi connectivity index (χ2v) is 4.16. The standard InChI is InChI=1S/C12H12N2S/c1-3-7-14-10(4-2)9-11(13-14)12-6-5-8-15-12/h1,5-6,8-9H,4,7H2,2H3. The molecule has 0 spiro atoms. The summed E-state index contributed by atoms with van der Waals surface area (Å²) < 4.78 is 1.90. The fourth-order valence-corrected chi connectivity index (χ4v) is 2.19. The Bertz CT molecular complexity index is 474. The summed E-state index contributed by atoms with van der Waals surface area (Å²) in [5.41, 5.74) is 2.22. The monoisotopic (exact) mass is 216 g/mol. The van der Waals surface area contributed by atoms with Gasteiger partial charge in [0.05, 0.1) is 4.88 Å². The molecule has 2 aromatic rings. The molecule has 2 nitrogen and oxygen atoms in total. The molecule has 3 heteroatoms. The maximum Gasteiger partial charge on any atom is 0.103 e. The summed E-state index contributed by atoms with van der Waals surface area (Å²) in [6.45, 7) is 2.66. The predicted molar refractivity (Wildman–Crippen MR) is 63.8 cm³/mol. The van der Waals surface area contributed by atoms with E-state index in [-0.39, 0.29) is 0 Å². The maximum atomic E-state index is 5.30. The first-order chi connectivity index (χ1) is 7.35. The van der Waals surface area contributed by atoms with Crippen LogP contribution in [0.25, 0.3) is 10.6 Å². The Labute approximate surface area is 93.6 Å². The Morgan fingerprint density at radius 2 is 2.47 bits per heavy atom. The van der Waals surface area contributed by atoms with Gasteiger partial charge in [-0.2, -0.15) is 5.10 Å². The Morgan fingerprint density at radius 3 is 3.07 bits per heavy atom. The van der Waals surface area contributed by atoms with Crippen LogP contribution in [0.4, 0.5) is 0 Å². The van der Waals surface area contributed by atoms with Crippen LogP contribution in [-0.4, -0.2) is 9.78 Å². The van der Waals surface area contributed by atoms with E-state index in [0.29, 0.717) is 6.54 Å². The SMILES string of the molecule is C#CCn1nc(-c2cccs2)cc1CC. The molecule has 0 saturated heterocycles. The molecule has 0 aliphatic carbocycles. The maximum absolute atomic E-state index is 5.30. The van der Waals surface area contributed by atoms with E-state index in [1.807, 2.05) is 10.7 Å². The van der Waals surface area contributed by atoms with E-state index < -0.39 is 0 Å². The van der Waals surface area contributed by atoms with E-state index in [1.165, 1.54) is 10.6 Å². The molecule has 0 N–H and O–H groups in total. The summed E-state index contributed by atoms with van der Waals surface area (Å²) in [4.78, 5) is 1.19. The van der Waals surface area contributed by atoms with Crippen molar-refractivity contribution < 1.29 is 0 Å². The van der Waals surface area contributed by atoms with Crippen molar-refractivity contribution in [3.8, 4) is 22.9 Å². The van der Waals surface area contributed by atoms with Gasteiger partial charge in [0.25, 0.3) is 0 Å². The minimum absolute atomic E-state index is 0.550. The van der Waals surface area contributed by atoms with Gasteiger partial charge in [-0.3, -0.25) is 4.68 Å². The van der Waals surface area contributed by atoms with Gasteiger partial charge >= 0.3 is 0 Å². The van der Waals surface area contributed by atoms with Crippen molar-refractivity contribution in [2.45, 2.75) is 19.9 Å². The van der Waals surface area contributed by atoms with Crippen molar-refractivity contribution in [1.29, 1.82) is 0 Å². The molecule has 2 aromatic heterocycles. The average Bonchev–Trinajstić information content (AvgIpc) is 2.84. The number of aromatic nitrogens is 2. The summed E-state index contributed by atoms with van der Waals surface area (Å²) in [6, 6.07) is 6.22. The van der Waals surface area contributed by atoms with Crippen molar-refractivity contribution in [3.63, 3.8) is 0 Å². The van der Waals surface area contributed by atoms with Crippen LogP contribution in [-0.2, 0) is 13.0 Å². The number of aryl methyl sites for hydroxylation is 1. The third kappa shape index (κ3) is 1.95. The lowest BCUT2D eigenvalue weighted by atomic mass is 10.3. The Morgan fingerprint density at radius 1 is 1.60 bits per heavy atom. The molecule has 0 aliphatic heterocycles. The largest absolute Gasteiger partial charge is 0.257 e. The average molecular weight is 216 g/mol. The van der Waals surface area contributed by atoms with Crippen LogP contribution in [0.3, 0.4) is 0 Å². The van der Waals surface area contributed by atoms with Gasteiger partial charge in [0, 0.05) is 5.69 Å². The van der Waals surface area contributed by atoms with Crippen molar-refractivity contribution >= 4 is 11.3 Å². The summed E-state index contributed by atoms with van der Waals surface area (Å²) in [7, 11) is 0. The highest BCUT2D eigenvalue weighted by Gasteiger charge is 2.07. The van der Waals surface area contributed by atoms with Gasteiger partial charge in [0.1, 0.15) is 12.2 Å². The molecule has 15 heavy (non-hydrogen) atoms. The first-order valence-electron chi connectivity index (χ1n) is 4.89. The van der Waals surface area contributed by atoms with Crippen LogP contribution in [0.15, 0.2) is 23.6 Å². The molecule has 76 valence electrons. The van der Waals surface area contributed by atoms with E-state index in [2.05, 4.69) is 35.5 Å². The Kier molecular flexibility index (Phi) is 2.89. The minimum atomic E-state index is 0.550. The van der Waals surface area contributed by atoms with E-state index >= 15 is 0 Å². The first-order valence-corrected chi connectivity index (χ1v) is 5.77. The number of terminal acetylenes is 1. The number of hydrogen-bond donors (Lipinski definition) is 0. The molecule has 0 amide bonds. The molecule has 0 radical (unpaired) electrons. The zero-order chi connectivity index (χ0) is 10.7. The Balaban J connectivity index is 2.39. The molecule has 0 fully saturated rings. The minimum Gasteiger partial charge on any atom is -0.257 e. The molecule has 0 aliphatic rings. The third-order valence-electron chi connectivity index (χ3n) is 2.24. The van der Waals surface area contributed by atoms with Gasteiger partial charge < -0.3 is 0 Å². The van der Waals surface area contributed by atoms with Crippen molar-refractivity contribution in [2.75, 3.05) is 0 Å². The predicted octanol–water partition coefficient (Wildman–Crippen LogP) is 2.81. The molecule has 0 bridgehead atoms. The summed E-state index contributed by atoms with van der Waals surface area (Å²) in [6.07, 6.45) is 6.26. The van der Waals surface area contributed by atoms with Gasteiger partial charge in [-0.15, -0.1) is 17.8 Å². The molecular weight excluding hydrogens is 204 g/mol. The number of nitrogens with zero attached hydrogens (tertiary/aromatic N) is 2. The highest BCUT2D eigenvalue weighted by molar-refractivity contribution is 7.13. The second kappa shape index (κ2) is 4.33. The van der Waals surface area contributed by atoms with E-state index in [4.69, 9.17) is 6.42 Å². The lowest BCUT2D eigenvalue weighted by Gasteiger charge is -1.98. The van der Waals surface area contributed by atoms with Crippen LogP contribution in [0, 0.1) is 12.3 Å². The van der Waals surface area contributed by atoms with Crippen LogP contribution < -0.4 is 0 Å². The zero-order valence-electron chi connectivity index (χ0n) is 8.60. The topological polar surface area (TPSA) is 17.8 Å². The summed E-state index contributed by atoms with van der Waals surface area (Å²) in [5.74, 6) is 2.62. The summed E-state index contributed by atoms with van der Waals surface area (Å²) >= 11 is 1.70. The van der Waals surface area contributed by atoms with Gasteiger partial charge in [0.2, 0.25) is 0 Å². The van der Waals surface area contributed by atoms with E-state index in [9.17, 15) is 0 Å². The van der Waals surface area contributed by atoms with Crippen molar-refractivity contribution in [3.05, 3.63) is 29.3 Å². The Hall–Kier alpha value is -1.53. The quantitative estimate of drug-likeness (QED) is 0.721. The molecule has 2 heterocycles. The van der Waals surface area contributed by atoms with Gasteiger partial charge in [-0.05, 0) is 23.9 Å². The lowest BCUT2D eigenvalue weighted by molar-refractivity contribution is 0.676. The van der Waals surface area contributed by atoms with E-state index in [0.717, 1.165) is 12.1 Å². The van der Waals surface area contributed by atoms with Crippen LogP contribution in [0.1, 0.15) is 12.6 Å². The fraction of sp³-hybridized carbons (Fsp3) is 0.250. The van der Waals surface area contributed by atoms with Gasteiger partial charge in [0.15, 0.2) is 0 Å².